The van der Waals surface area contributed by atoms with Gasteiger partial charge in [-0.1, -0.05) is 6.42 Å². The SMILES string of the molecule is COCCOCCOCCOCCOCCOCCOCCOCCNC(=O)[C@H](CCC(=O)O)NC(=O)CCCCCN1C(=O)C=CC1=O. The van der Waals surface area contributed by atoms with Crippen molar-refractivity contribution in [3.63, 3.8) is 0 Å². The van der Waals surface area contributed by atoms with E-state index in [1.165, 1.54) is 12.2 Å². The van der Waals surface area contributed by atoms with Crippen molar-refractivity contribution in [1.29, 1.82) is 0 Å². The normalized spacial score (nSPS) is 13.3. The smallest absolute Gasteiger partial charge is 0.303 e. The lowest BCUT2D eigenvalue weighted by molar-refractivity contribution is -0.138. The van der Waals surface area contributed by atoms with Gasteiger partial charge in [0.1, 0.15) is 6.04 Å². The van der Waals surface area contributed by atoms with Gasteiger partial charge in [0, 0.05) is 45.2 Å². The van der Waals surface area contributed by atoms with Gasteiger partial charge in [-0.25, -0.2) is 0 Å². The molecule has 0 radical (unpaired) electrons. The van der Waals surface area contributed by atoms with Gasteiger partial charge in [0.2, 0.25) is 11.8 Å². The molecular weight excluding hydrogens is 650 g/mol. The van der Waals surface area contributed by atoms with E-state index in [2.05, 4.69) is 10.6 Å². The van der Waals surface area contributed by atoms with Gasteiger partial charge >= 0.3 is 5.97 Å². The van der Waals surface area contributed by atoms with Crippen LogP contribution in [0.5, 0.6) is 0 Å². The molecule has 17 heteroatoms. The second-order valence-electron chi connectivity index (χ2n) is 10.6. The number of unbranched alkanes of at least 4 members (excludes halogenated alkanes) is 2. The highest BCUT2D eigenvalue weighted by molar-refractivity contribution is 6.12. The summed E-state index contributed by atoms with van der Waals surface area (Å²) < 4.78 is 42.7. The molecule has 0 aliphatic carbocycles. The van der Waals surface area contributed by atoms with Gasteiger partial charge < -0.3 is 53.6 Å². The summed E-state index contributed by atoms with van der Waals surface area (Å²) in [6.45, 7) is 7.06. The van der Waals surface area contributed by atoms with Crippen LogP contribution in [0.25, 0.3) is 0 Å². The van der Waals surface area contributed by atoms with Gasteiger partial charge in [0.15, 0.2) is 0 Å². The largest absolute Gasteiger partial charge is 0.481 e. The topological polar surface area (TPSA) is 207 Å². The Labute approximate surface area is 288 Å². The minimum absolute atomic E-state index is 0.0557. The molecule has 0 saturated carbocycles. The van der Waals surface area contributed by atoms with Crippen LogP contribution in [0.1, 0.15) is 38.5 Å². The first-order chi connectivity index (χ1) is 23.8. The minimum Gasteiger partial charge on any atom is -0.481 e. The van der Waals surface area contributed by atoms with Crippen LogP contribution in [0, 0.1) is 0 Å². The number of carboxylic acids is 1. The molecule has 0 saturated heterocycles. The third kappa shape index (κ3) is 25.6. The van der Waals surface area contributed by atoms with E-state index >= 15 is 0 Å². The molecule has 4 amide bonds. The number of ether oxygens (including phenoxy) is 8. The molecule has 49 heavy (non-hydrogen) atoms. The van der Waals surface area contributed by atoms with Crippen LogP contribution in [0.15, 0.2) is 12.2 Å². The molecule has 0 bridgehead atoms. The molecule has 1 heterocycles. The predicted octanol–water partition coefficient (Wildman–Crippen LogP) is -0.300. The summed E-state index contributed by atoms with van der Waals surface area (Å²) in [6.07, 6.45) is 3.87. The number of hydrogen-bond donors (Lipinski definition) is 3. The summed E-state index contributed by atoms with van der Waals surface area (Å²) in [5.41, 5.74) is 0. The first kappa shape index (κ1) is 44.0. The number of imide groups is 1. The first-order valence-electron chi connectivity index (χ1n) is 16.7. The van der Waals surface area contributed by atoms with Crippen molar-refractivity contribution in [1.82, 2.24) is 15.5 Å². The van der Waals surface area contributed by atoms with Crippen LogP contribution in [-0.2, 0) is 61.9 Å². The maximum absolute atomic E-state index is 12.6. The van der Waals surface area contributed by atoms with Crippen molar-refractivity contribution in [2.45, 2.75) is 44.6 Å². The van der Waals surface area contributed by atoms with Crippen LogP contribution in [0.2, 0.25) is 0 Å². The number of aliphatic carboxylic acids is 1. The Balaban J connectivity index is 1.96. The zero-order valence-corrected chi connectivity index (χ0v) is 28.7. The fourth-order valence-corrected chi connectivity index (χ4v) is 4.12. The number of hydrogen-bond acceptors (Lipinski definition) is 13. The number of carboxylic acid groups (broad SMARTS) is 1. The van der Waals surface area contributed by atoms with E-state index in [9.17, 15) is 24.0 Å². The highest BCUT2D eigenvalue weighted by Gasteiger charge is 2.23. The zero-order chi connectivity index (χ0) is 35.8. The van der Waals surface area contributed by atoms with E-state index in [-0.39, 0.29) is 56.7 Å². The Kier molecular flexibility index (Phi) is 27.8. The van der Waals surface area contributed by atoms with Gasteiger partial charge in [-0.3, -0.25) is 28.9 Å². The van der Waals surface area contributed by atoms with Crippen LogP contribution in [0.4, 0.5) is 0 Å². The highest BCUT2D eigenvalue weighted by Crippen LogP contribution is 2.08. The summed E-state index contributed by atoms with van der Waals surface area (Å²) in [6, 6.07) is -0.996. The average Bonchev–Trinajstić information content (AvgIpc) is 3.40. The van der Waals surface area contributed by atoms with E-state index in [1.54, 1.807) is 7.11 Å². The fourth-order valence-electron chi connectivity index (χ4n) is 4.12. The van der Waals surface area contributed by atoms with Crippen LogP contribution in [-0.4, -0.2) is 165 Å². The molecule has 17 nitrogen and oxygen atoms in total. The van der Waals surface area contributed by atoms with Gasteiger partial charge in [0.05, 0.1) is 99.1 Å². The number of methoxy groups -OCH3 is 1. The first-order valence-corrected chi connectivity index (χ1v) is 16.7. The molecule has 3 N–H and O–H groups in total. The Morgan fingerprint density at radius 3 is 1.55 bits per heavy atom. The molecule has 0 spiro atoms. The Hall–Kier alpha value is -3.03. The van der Waals surface area contributed by atoms with Gasteiger partial charge in [-0.15, -0.1) is 0 Å². The number of amides is 4. The number of nitrogens with zero attached hydrogens (tertiary/aromatic N) is 1. The molecule has 0 aromatic heterocycles. The van der Waals surface area contributed by atoms with E-state index < -0.39 is 17.9 Å². The molecule has 0 fully saturated rings. The molecule has 0 aromatic rings. The van der Waals surface area contributed by atoms with Crippen LogP contribution >= 0.6 is 0 Å². The van der Waals surface area contributed by atoms with Crippen molar-refractivity contribution in [2.75, 3.05) is 119 Å². The van der Waals surface area contributed by atoms with Gasteiger partial charge in [-0.2, -0.15) is 0 Å². The second-order valence-corrected chi connectivity index (χ2v) is 10.6. The molecule has 1 aliphatic rings. The maximum Gasteiger partial charge on any atom is 0.303 e. The molecule has 0 unspecified atom stereocenters. The molecular formula is C32H55N3O14. The van der Waals surface area contributed by atoms with Crippen molar-refractivity contribution in [2.24, 2.45) is 0 Å². The fraction of sp³-hybridized carbons (Fsp3) is 0.781. The third-order valence-corrected chi connectivity index (χ3v) is 6.69. The lowest BCUT2D eigenvalue weighted by Gasteiger charge is -2.18. The molecule has 282 valence electrons. The van der Waals surface area contributed by atoms with Gasteiger partial charge in [0.25, 0.3) is 11.8 Å². The van der Waals surface area contributed by atoms with E-state index in [0.717, 1.165) is 4.90 Å². The number of nitrogens with one attached hydrogen (secondary N) is 2. The Morgan fingerprint density at radius 1 is 0.653 bits per heavy atom. The summed E-state index contributed by atoms with van der Waals surface area (Å²) in [7, 11) is 1.63. The quantitative estimate of drug-likeness (QED) is 0.0572. The monoisotopic (exact) mass is 705 g/mol. The molecule has 1 aliphatic heterocycles. The second kappa shape index (κ2) is 31.0. The van der Waals surface area contributed by atoms with Crippen LogP contribution in [0.3, 0.4) is 0 Å². The minimum atomic E-state index is -1.08. The van der Waals surface area contributed by atoms with Crippen molar-refractivity contribution >= 4 is 29.6 Å². The third-order valence-electron chi connectivity index (χ3n) is 6.69. The van der Waals surface area contributed by atoms with Crippen LogP contribution < -0.4 is 10.6 Å². The van der Waals surface area contributed by atoms with Crippen molar-refractivity contribution in [3.05, 3.63) is 12.2 Å². The Bertz CT molecular complexity index is 934. The summed E-state index contributed by atoms with van der Waals surface area (Å²) in [5.74, 6) is -2.65. The van der Waals surface area contributed by atoms with E-state index in [4.69, 9.17) is 43.0 Å². The summed E-state index contributed by atoms with van der Waals surface area (Å²) in [5, 5.41) is 14.3. The summed E-state index contributed by atoms with van der Waals surface area (Å²) in [4.78, 5) is 60.3. The maximum atomic E-state index is 12.6. The summed E-state index contributed by atoms with van der Waals surface area (Å²) >= 11 is 0. The molecule has 1 atom stereocenters. The average molecular weight is 706 g/mol. The predicted molar refractivity (Wildman–Crippen MR) is 174 cm³/mol. The lowest BCUT2D eigenvalue weighted by Crippen LogP contribution is -2.47. The van der Waals surface area contributed by atoms with E-state index in [0.29, 0.717) is 112 Å². The lowest BCUT2D eigenvalue weighted by atomic mass is 10.1. The Morgan fingerprint density at radius 2 is 1.10 bits per heavy atom. The number of rotatable bonds is 35. The molecule has 1 rings (SSSR count). The van der Waals surface area contributed by atoms with Gasteiger partial charge in [-0.05, 0) is 19.3 Å². The number of carbonyl (C=O) groups is 5. The van der Waals surface area contributed by atoms with E-state index in [1.807, 2.05) is 0 Å². The number of carbonyl (C=O) groups excluding carboxylic acids is 4. The zero-order valence-electron chi connectivity index (χ0n) is 28.7. The van der Waals surface area contributed by atoms with Crippen molar-refractivity contribution < 1.29 is 67.0 Å². The standard InChI is InChI=1S/C32H55N3O14/c1-42-13-14-44-17-18-46-21-22-48-25-26-49-24-23-47-20-19-45-16-15-43-12-10-33-32(41)27(6-9-31(39)40)34-28(36)5-3-2-4-11-35-29(37)7-8-30(35)38/h7-8,27H,2-6,9-26H2,1H3,(H,33,41)(H,34,36)(H,39,40)/t27-/m0/s1. The van der Waals surface area contributed by atoms with Crippen molar-refractivity contribution in [3.8, 4) is 0 Å². The molecule has 0 aromatic carbocycles. The highest BCUT2D eigenvalue weighted by atomic mass is 16.6.